The summed E-state index contributed by atoms with van der Waals surface area (Å²) in [6.45, 7) is 0.522. The van der Waals surface area contributed by atoms with Crippen LogP contribution in [0.3, 0.4) is 0 Å². The largest absolute Gasteiger partial charge is 0.341 e. The third-order valence-corrected chi connectivity index (χ3v) is 4.15. The molecule has 0 saturated carbocycles. The Balaban J connectivity index is 1.73. The van der Waals surface area contributed by atoms with E-state index in [1.807, 2.05) is 0 Å². The molecule has 0 bridgehead atoms. The molecule has 5 nitrogen and oxygen atoms in total. The first-order valence-electron chi connectivity index (χ1n) is 7.64. The topological polar surface area (TPSA) is 58.1 Å². The van der Waals surface area contributed by atoms with Crippen LogP contribution >= 0.6 is 0 Å². The van der Waals surface area contributed by atoms with Gasteiger partial charge in [0.05, 0.1) is 11.0 Å². The van der Waals surface area contributed by atoms with Gasteiger partial charge in [-0.25, -0.2) is 9.18 Å². The molecule has 124 valence electrons. The van der Waals surface area contributed by atoms with Crippen molar-refractivity contribution in [2.45, 2.75) is 6.42 Å². The van der Waals surface area contributed by atoms with Gasteiger partial charge in [0.1, 0.15) is 5.82 Å². The van der Waals surface area contributed by atoms with E-state index in [9.17, 15) is 14.0 Å². The molecule has 0 aliphatic rings. The van der Waals surface area contributed by atoms with Gasteiger partial charge in [0.15, 0.2) is 0 Å². The average molecular weight is 327 g/mol. The maximum atomic E-state index is 12.9. The van der Waals surface area contributed by atoms with E-state index in [-0.39, 0.29) is 17.4 Å². The highest BCUT2D eigenvalue weighted by Gasteiger charge is 2.13. The monoisotopic (exact) mass is 327 g/mol. The van der Waals surface area contributed by atoms with E-state index in [2.05, 4.69) is 4.98 Å². The Morgan fingerprint density at radius 1 is 1.21 bits per heavy atom. The van der Waals surface area contributed by atoms with Crippen LogP contribution in [0.2, 0.25) is 0 Å². The van der Waals surface area contributed by atoms with Crippen molar-refractivity contribution in [2.24, 2.45) is 7.05 Å². The fourth-order valence-electron chi connectivity index (χ4n) is 2.64. The lowest BCUT2D eigenvalue weighted by molar-refractivity contribution is 0.0796. The van der Waals surface area contributed by atoms with Gasteiger partial charge in [0.2, 0.25) is 0 Å². The van der Waals surface area contributed by atoms with Crippen molar-refractivity contribution in [1.82, 2.24) is 14.5 Å². The summed E-state index contributed by atoms with van der Waals surface area (Å²) in [7, 11) is 3.40. The lowest BCUT2D eigenvalue weighted by atomic mass is 10.1. The van der Waals surface area contributed by atoms with Crippen molar-refractivity contribution in [3.63, 3.8) is 0 Å². The molecule has 0 spiro atoms. The highest BCUT2D eigenvalue weighted by molar-refractivity contribution is 5.97. The van der Waals surface area contributed by atoms with E-state index in [0.717, 1.165) is 11.1 Å². The molecule has 1 aromatic heterocycles. The molecule has 6 heteroatoms. The van der Waals surface area contributed by atoms with Crippen LogP contribution in [-0.2, 0) is 13.5 Å². The Bertz CT molecular complexity index is 941. The predicted molar refractivity (Wildman–Crippen MR) is 90.6 cm³/mol. The van der Waals surface area contributed by atoms with Gasteiger partial charge in [0, 0.05) is 26.2 Å². The van der Waals surface area contributed by atoms with E-state index < -0.39 is 0 Å². The number of carbonyl (C=O) groups is 1. The number of aromatic nitrogens is 2. The molecule has 0 saturated heterocycles. The van der Waals surface area contributed by atoms with Gasteiger partial charge in [-0.05, 0) is 42.3 Å². The Kier molecular flexibility index (Phi) is 4.20. The molecule has 2 aromatic carbocycles. The fraction of sp³-hybridized carbons (Fsp3) is 0.222. The molecule has 1 amide bonds. The Labute approximate surface area is 138 Å². The lowest BCUT2D eigenvalue weighted by Gasteiger charge is -2.17. The van der Waals surface area contributed by atoms with Gasteiger partial charge >= 0.3 is 5.69 Å². The van der Waals surface area contributed by atoms with Crippen LogP contribution in [0.5, 0.6) is 0 Å². The summed E-state index contributed by atoms with van der Waals surface area (Å²) < 4.78 is 14.4. The van der Waals surface area contributed by atoms with Crippen molar-refractivity contribution < 1.29 is 9.18 Å². The number of imidazole rings is 1. The summed E-state index contributed by atoms with van der Waals surface area (Å²) >= 11 is 0. The number of likely N-dealkylation sites (N-methyl/N-ethyl adjacent to an activating group) is 1. The smallest absolute Gasteiger partial charge is 0.326 e. The van der Waals surface area contributed by atoms with Crippen LogP contribution in [0.15, 0.2) is 47.3 Å². The molecular formula is C18H18FN3O2. The molecule has 0 atom stereocenters. The number of fused-ring (bicyclic) bond motifs is 1. The summed E-state index contributed by atoms with van der Waals surface area (Å²) in [5, 5.41) is 0. The Morgan fingerprint density at radius 3 is 2.62 bits per heavy atom. The van der Waals surface area contributed by atoms with Crippen LogP contribution in [0.25, 0.3) is 11.0 Å². The lowest BCUT2D eigenvalue weighted by Crippen LogP contribution is -2.28. The second-order valence-corrected chi connectivity index (χ2v) is 5.82. The highest BCUT2D eigenvalue weighted by atomic mass is 19.1. The molecule has 3 aromatic rings. The molecule has 0 fully saturated rings. The van der Waals surface area contributed by atoms with Gasteiger partial charge in [-0.1, -0.05) is 12.1 Å². The van der Waals surface area contributed by atoms with Crippen LogP contribution in [0.4, 0.5) is 4.39 Å². The van der Waals surface area contributed by atoms with E-state index in [4.69, 9.17) is 0 Å². The summed E-state index contributed by atoms with van der Waals surface area (Å²) in [6.07, 6.45) is 0.646. The SMILES string of the molecule is CN(CCc1ccc(F)cc1)C(=O)c1ccc2c(c1)[nH]c(=O)n2C. The zero-order valence-electron chi connectivity index (χ0n) is 13.5. The quantitative estimate of drug-likeness (QED) is 0.799. The number of amides is 1. The van der Waals surface area contributed by atoms with Crippen molar-refractivity contribution in [1.29, 1.82) is 0 Å². The number of hydrogen-bond donors (Lipinski definition) is 1. The van der Waals surface area contributed by atoms with E-state index in [1.54, 1.807) is 49.3 Å². The summed E-state index contributed by atoms with van der Waals surface area (Å²) in [6, 6.07) is 11.4. The first kappa shape index (κ1) is 16.0. The van der Waals surface area contributed by atoms with Crippen LogP contribution < -0.4 is 5.69 Å². The van der Waals surface area contributed by atoms with Crippen LogP contribution in [-0.4, -0.2) is 34.0 Å². The number of hydrogen-bond acceptors (Lipinski definition) is 2. The first-order valence-corrected chi connectivity index (χ1v) is 7.64. The minimum atomic E-state index is -0.270. The van der Waals surface area contributed by atoms with Crippen LogP contribution in [0, 0.1) is 5.82 Å². The molecule has 0 aliphatic heterocycles. The number of benzene rings is 2. The number of rotatable bonds is 4. The standard InChI is InChI=1S/C18H18FN3O2/c1-21(10-9-12-3-6-14(19)7-4-12)17(23)13-5-8-16-15(11-13)20-18(24)22(16)2/h3-8,11H,9-10H2,1-2H3,(H,20,24). The number of nitrogens with one attached hydrogen (secondary N) is 1. The molecule has 3 rings (SSSR count). The maximum absolute atomic E-state index is 12.9. The highest BCUT2D eigenvalue weighted by Crippen LogP contribution is 2.14. The minimum absolute atomic E-state index is 0.122. The molecule has 0 aliphatic carbocycles. The molecule has 0 radical (unpaired) electrons. The average Bonchev–Trinajstić information content (AvgIpc) is 2.87. The van der Waals surface area contributed by atoms with Crippen molar-refractivity contribution in [2.75, 3.05) is 13.6 Å². The predicted octanol–water partition coefficient (Wildman–Crippen LogP) is 2.32. The summed E-state index contributed by atoms with van der Waals surface area (Å²) in [5.74, 6) is -0.392. The van der Waals surface area contributed by atoms with Gasteiger partial charge in [-0.15, -0.1) is 0 Å². The number of H-pyrrole nitrogens is 1. The second-order valence-electron chi connectivity index (χ2n) is 5.82. The Morgan fingerprint density at radius 2 is 1.92 bits per heavy atom. The number of aromatic amines is 1. The van der Waals surface area contributed by atoms with E-state index in [0.29, 0.717) is 24.0 Å². The number of nitrogens with zero attached hydrogens (tertiary/aromatic N) is 2. The minimum Gasteiger partial charge on any atom is -0.341 e. The first-order chi connectivity index (χ1) is 11.5. The van der Waals surface area contributed by atoms with Gasteiger partial charge < -0.3 is 9.88 Å². The van der Waals surface area contributed by atoms with Gasteiger partial charge in [-0.2, -0.15) is 0 Å². The van der Waals surface area contributed by atoms with Gasteiger partial charge in [-0.3, -0.25) is 9.36 Å². The van der Waals surface area contributed by atoms with E-state index >= 15 is 0 Å². The van der Waals surface area contributed by atoms with Crippen molar-refractivity contribution in [3.05, 3.63) is 69.9 Å². The molecule has 24 heavy (non-hydrogen) atoms. The van der Waals surface area contributed by atoms with Gasteiger partial charge in [0.25, 0.3) is 5.91 Å². The number of halogens is 1. The van der Waals surface area contributed by atoms with E-state index in [1.165, 1.54) is 16.7 Å². The number of carbonyl (C=O) groups excluding carboxylic acids is 1. The molecule has 1 heterocycles. The zero-order chi connectivity index (χ0) is 17.3. The normalized spacial score (nSPS) is 11.0. The van der Waals surface area contributed by atoms with Crippen molar-refractivity contribution in [3.8, 4) is 0 Å². The molecule has 1 N–H and O–H groups in total. The Hall–Kier alpha value is -2.89. The third kappa shape index (κ3) is 3.08. The molecular weight excluding hydrogens is 309 g/mol. The summed E-state index contributed by atoms with van der Waals surface area (Å²) in [4.78, 5) is 28.5. The summed E-state index contributed by atoms with van der Waals surface area (Å²) in [5.41, 5.74) is 2.68. The molecule has 0 unspecified atom stereocenters. The number of aryl methyl sites for hydroxylation is 1. The third-order valence-electron chi connectivity index (χ3n) is 4.15. The maximum Gasteiger partial charge on any atom is 0.326 e. The fourth-order valence-corrected chi connectivity index (χ4v) is 2.64. The second kappa shape index (κ2) is 6.31. The van der Waals surface area contributed by atoms with Crippen LogP contribution in [0.1, 0.15) is 15.9 Å². The van der Waals surface area contributed by atoms with Crippen molar-refractivity contribution >= 4 is 16.9 Å². The zero-order valence-corrected chi connectivity index (χ0v) is 13.5.